The van der Waals surface area contributed by atoms with Gasteiger partial charge in [0.05, 0.1) is 16.3 Å². The van der Waals surface area contributed by atoms with Crippen LogP contribution < -0.4 is 10.2 Å². The highest BCUT2D eigenvalue weighted by atomic mass is 32.2. The van der Waals surface area contributed by atoms with Crippen molar-refractivity contribution in [1.82, 2.24) is 0 Å². The largest absolute Gasteiger partial charge is 0.325 e. The van der Waals surface area contributed by atoms with E-state index in [1.165, 1.54) is 17.8 Å². The molecule has 1 aliphatic rings. The van der Waals surface area contributed by atoms with Gasteiger partial charge in [-0.25, -0.2) is 8.42 Å². The summed E-state index contributed by atoms with van der Waals surface area (Å²) in [5, 5.41) is 2.75. The zero-order valence-electron chi connectivity index (χ0n) is 16.5. The third kappa shape index (κ3) is 5.19. The summed E-state index contributed by atoms with van der Waals surface area (Å²) in [6.45, 7) is 4.27. The topological polar surface area (TPSA) is 83.6 Å². The number of fused-ring (bicyclic) bond motifs is 1. The number of hydrogen-bond donors (Lipinski definition) is 1. The lowest BCUT2D eigenvalue weighted by molar-refractivity contribution is -0.118. The van der Waals surface area contributed by atoms with Crippen LogP contribution in [0.5, 0.6) is 0 Å². The van der Waals surface area contributed by atoms with Crippen molar-refractivity contribution in [3.63, 3.8) is 0 Å². The van der Waals surface area contributed by atoms with Crippen LogP contribution in [-0.2, 0) is 19.4 Å². The van der Waals surface area contributed by atoms with E-state index in [0.29, 0.717) is 24.4 Å². The second kappa shape index (κ2) is 9.00. The summed E-state index contributed by atoms with van der Waals surface area (Å²) in [4.78, 5) is 27.0. The van der Waals surface area contributed by atoms with Crippen molar-refractivity contribution < 1.29 is 18.0 Å². The Bertz CT molecular complexity index is 1030. The maximum atomic E-state index is 12.8. The number of benzene rings is 2. The molecule has 0 saturated heterocycles. The highest BCUT2D eigenvalue weighted by molar-refractivity contribution is 7.99. The Morgan fingerprint density at radius 1 is 1.21 bits per heavy atom. The Morgan fingerprint density at radius 2 is 2.00 bits per heavy atom. The Kier molecular flexibility index (Phi) is 6.64. The molecule has 29 heavy (non-hydrogen) atoms. The smallest absolute Gasteiger partial charge is 0.228 e. The molecule has 1 heterocycles. The third-order valence-electron chi connectivity index (χ3n) is 4.69. The van der Waals surface area contributed by atoms with Gasteiger partial charge in [0, 0.05) is 35.7 Å². The molecule has 0 bridgehead atoms. The molecule has 0 saturated carbocycles. The summed E-state index contributed by atoms with van der Waals surface area (Å²) in [6.07, 6.45) is 0.282. The summed E-state index contributed by atoms with van der Waals surface area (Å²) in [5.74, 6) is 0.0113. The van der Waals surface area contributed by atoms with Gasteiger partial charge in [0.2, 0.25) is 11.8 Å². The quantitative estimate of drug-likeness (QED) is 0.753. The maximum Gasteiger partial charge on any atom is 0.228 e. The van der Waals surface area contributed by atoms with E-state index in [1.807, 2.05) is 38.1 Å². The first-order valence-electron chi connectivity index (χ1n) is 9.46. The van der Waals surface area contributed by atoms with Crippen molar-refractivity contribution in [2.45, 2.75) is 36.5 Å². The van der Waals surface area contributed by atoms with E-state index in [0.717, 1.165) is 16.1 Å². The van der Waals surface area contributed by atoms with Crippen LogP contribution in [0.2, 0.25) is 0 Å². The number of anilines is 2. The average Bonchev–Trinajstić information content (AvgIpc) is 2.87. The van der Waals surface area contributed by atoms with Crippen molar-refractivity contribution in [3.8, 4) is 0 Å². The molecule has 0 radical (unpaired) electrons. The van der Waals surface area contributed by atoms with Crippen molar-refractivity contribution in [1.29, 1.82) is 0 Å². The first-order chi connectivity index (χ1) is 13.8. The van der Waals surface area contributed by atoms with Gasteiger partial charge in [-0.3, -0.25) is 9.59 Å². The predicted molar refractivity (Wildman–Crippen MR) is 116 cm³/mol. The molecule has 0 spiro atoms. The second-order valence-corrected chi connectivity index (χ2v) is 10.1. The zero-order chi connectivity index (χ0) is 21.0. The van der Waals surface area contributed by atoms with E-state index >= 15 is 0 Å². The second-order valence-electron chi connectivity index (χ2n) is 6.85. The minimum Gasteiger partial charge on any atom is -0.325 e. The van der Waals surface area contributed by atoms with Gasteiger partial charge in [-0.1, -0.05) is 12.1 Å². The molecular weight excluding hydrogens is 408 g/mol. The molecule has 8 heteroatoms. The first-order valence-corrected chi connectivity index (χ1v) is 12.1. The van der Waals surface area contributed by atoms with E-state index in [-0.39, 0.29) is 28.9 Å². The normalized spacial score (nSPS) is 13.9. The van der Waals surface area contributed by atoms with Crippen molar-refractivity contribution in [2.24, 2.45) is 0 Å². The number of aryl methyl sites for hydroxylation is 1. The summed E-state index contributed by atoms with van der Waals surface area (Å²) in [5.41, 5.74) is 2.31. The molecule has 2 aromatic carbocycles. The van der Waals surface area contributed by atoms with Gasteiger partial charge < -0.3 is 10.2 Å². The Labute approximate surface area is 175 Å². The van der Waals surface area contributed by atoms with Gasteiger partial charge in [-0.05, 0) is 49.7 Å². The lowest BCUT2D eigenvalue weighted by atomic mass is 10.2. The van der Waals surface area contributed by atoms with E-state index < -0.39 is 9.84 Å². The third-order valence-corrected chi connectivity index (χ3v) is 7.48. The van der Waals surface area contributed by atoms with Gasteiger partial charge >= 0.3 is 0 Å². The van der Waals surface area contributed by atoms with E-state index in [2.05, 4.69) is 5.32 Å². The number of nitrogens with zero attached hydrogens (tertiary/aromatic N) is 1. The molecule has 154 valence electrons. The average molecular weight is 433 g/mol. The predicted octanol–water partition coefficient (Wildman–Crippen LogP) is 3.65. The summed E-state index contributed by atoms with van der Waals surface area (Å²) < 4.78 is 25.6. The fourth-order valence-electron chi connectivity index (χ4n) is 3.17. The van der Waals surface area contributed by atoms with Gasteiger partial charge in [-0.2, -0.15) is 0 Å². The molecule has 2 amide bonds. The highest BCUT2D eigenvalue weighted by Crippen LogP contribution is 2.33. The molecule has 0 aromatic heterocycles. The molecule has 1 aliphatic heterocycles. The van der Waals surface area contributed by atoms with Crippen molar-refractivity contribution in [2.75, 3.05) is 28.3 Å². The molecule has 1 N–H and O–H groups in total. The summed E-state index contributed by atoms with van der Waals surface area (Å²) in [6, 6.07) is 12.3. The van der Waals surface area contributed by atoms with Crippen LogP contribution in [0.3, 0.4) is 0 Å². The van der Waals surface area contributed by atoms with Crippen molar-refractivity contribution in [3.05, 3.63) is 48.0 Å². The minimum absolute atomic E-state index is 0.109. The number of thioether (sulfide) groups is 1. The summed E-state index contributed by atoms with van der Waals surface area (Å²) >= 11 is 1.52. The highest BCUT2D eigenvalue weighted by Gasteiger charge is 2.22. The summed E-state index contributed by atoms with van der Waals surface area (Å²) in [7, 11) is -3.66. The van der Waals surface area contributed by atoms with Crippen LogP contribution in [0.25, 0.3) is 0 Å². The van der Waals surface area contributed by atoms with Crippen LogP contribution in [0, 0.1) is 6.92 Å². The standard InChI is InChI=1S/C21H24N2O4S2/c1-3-23(16-6-4-5-15(2)13-16)21(25)10-12-29(26,27)17-7-8-19-18(14-17)22-20(24)9-11-28-19/h4-8,13-14H,3,9-12H2,1-2H3,(H,22,24). The number of rotatable bonds is 6. The van der Waals surface area contributed by atoms with Crippen LogP contribution in [0.15, 0.2) is 52.3 Å². The van der Waals surface area contributed by atoms with Crippen LogP contribution in [0.4, 0.5) is 11.4 Å². The fraction of sp³-hybridized carbons (Fsp3) is 0.333. The van der Waals surface area contributed by atoms with Crippen LogP contribution in [-0.4, -0.2) is 38.3 Å². The molecule has 2 aromatic rings. The van der Waals surface area contributed by atoms with Gasteiger partial charge in [0.25, 0.3) is 0 Å². The van der Waals surface area contributed by atoms with E-state index in [1.54, 1.807) is 17.0 Å². The molecular formula is C21H24N2O4S2. The van der Waals surface area contributed by atoms with E-state index in [9.17, 15) is 18.0 Å². The maximum absolute atomic E-state index is 12.8. The zero-order valence-corrected chi connectivity index (χ0v) is 18.1. The molecule has 0 atom stereocenters. The molecule has 0 fully saturated rings. The van der Waals surface area contributed by atoms with E-state index in [4.69, 9.17) is 0 Å². The number of amides is 2. The SMILES string of the molecule is CCN(C(=O)CCS(=O)(=O)c1ccc2c(c1)NC(=O)CCS2)c1cccc(C)c1. The molecule has 0 unspecified atom stereocenters. The van der Waals surface area contributed by atoms with Gasteiger partial charge in [0.15, 0.2) is 9.84 Å². The fourth-order valence-corrected chi connectivity index (χ4v) is 5.35. The van der Waals surface area contributed by atoms with Crippen LogP contribution >= 0.6 is 11.8 Å². The Balaban J connectivity index is 1.74. The molecule has 0 aliphatic carbocycles. The first kappa shape index (κ1) is 21.4. The number of nitrogens with one attached hydrogen (secondary N) is 1. The molecule has 6 nitrogen and oxygen atoms in total. The van der Waals surface area contributed by atoms with Gasteiger partial charge in [0.1, 0.15) is 0 Å². The number of sulfone groups is 1. The number of carbonyl (C=O) groups is 2. The monoisotopic (exact) mass is 432 g/mol. The van der Waals surface area contributed by atoms with Gasteiger partial charge in [-0.15, -0.1) is 11.8 Å². The van der Waals surface area contributed by atoms with Crippen molar-refractivity contribution >= 4 is 44.8 Å². The van der Waals surface area contributed by atoms with Crippen LogP contribution in [0.1, 0.15) is 25.3 Å². The molecule has 3 rings (SSSR count). The lowest BCUT2D eigenvalue weighted by Gasteiger charge is -2.21. The minimum atomic E-state index is -3.66. The number of hydrogen-bond acceptors (Lipinski definition) is 5. The Hall–Kier alpha value is -2.32. The lowest BCUT2D eigenvalue weighted by Crippen LogP contribution is -2.32. The Morgan fingerprint density at radius 3 is 2.72 bits per heavy atom. The number of carbonyl (C=O) groups excluding carboxylic acids is 2.